The lowest BCUT2D eigenvalue weighted by molar-refractivity contribution is -0.122. The quantitative estimate of drug-likeness (QED) is 0.905. The first-order valence-electron chi connectivity index (χ1n) is 8.42. The van der Waals surface area contributed by atoms with E-state index in [-0.39, 0.29) is 17.9 Å². The minimum atomic E-state index is 0.240. The number of amides is 1. The van der Waals surface area contributed by atoms with Gasteiger partial charge in [0.15, 0.2) is 5.82 Å². The minimum Gasteiger partial charge on any atom is -0.370 e. The summed E-state index contributed by atoms with van der Waals surface area (Å²) in [6, 6.07) is 2.40. The van der Waals surface area contributed by atoms with Gasteiger partial charge in [0.25, 0.3) is 0 Å². The van der Waals surface area contributed by atoms with E-state index in [2.05, 4.69) is 31.4 Å². The molecular formula is C16H23N5O. The van der Waals surface area contributed by atoms with Crippen molar-refractivity contribution < 1.29 is 4.79 Å². The van der Waals surface area contributed by atoms with E-state index in [4.69, 9.17) is 0 Å². The van der Waals surface area contributed by atoms with Crippen molar-refractivity contribution in [3.05, 3.63) is 12.3 Å². The van der Waals surface area contributed by atoms with Crippen molar-refractivity contribution in [1.82, 2.24) is 15.5 Å². The molecule has 3 aliphatic rings. The highest BCUT2D eigenvalue weighted by molar-refractivity contribution is 5.81. The highest BCUT2D eigenvalue weighted by Gasteiger charge is 2.33. The molecule has 3 fully saturated rings. The average Bonchev–Trinajstić information content (AvgIpc) is 3.06. The first-order chi connectivity index (χ1) is 10.8. The maximum Gasteiger partial charge on any atom is 0.223 e. The minimum absolute atomic E-state index is 0.240. The summed E-state index contributed by atoms with van der Waals surface area (Å²) in [5, 5.41) is 11.6. The molecule has 2 saturated heterocycles. The van der Waals surface area contributed by atoms with E-state index in [1.807, 2.05) is 6.20 Å². The molecule has 6 nitrogen and oxygen atoms in total. The largest absolute Gasteiger partial charge is 0.370 e. The summed E-state index contributed by atoms with van der Waals surface area (Å²) in [5.74, 6) is 1.46. The fourth-order valence-corrected chi connectivity index (χ4v) is 3.40. The molecule has 4 rings (SSSR count). The molecular weight excluding hydrogens is 278 g/mol. The van der Waals surface area contributed by atoms with Crippen molar-refractivity contribution >= 4 is 17.4 Å². The van der Waals surface area contributed by atoms with E-state index in [1.54, 1.807) is 0 Å². The number of nitrogens with one attached hydrogen (secondary N) is 1. The number of carbonyl (C=O) groups excluding carboxylic acids is 1. The summed E-state index contributed by atoms with van der Waals surface area (Å²) >= 11 is 0. The van der Waals surface area contributed by atoms with Gasteiger partial charge in [-0.15, -0.1) is 5.10 Å². The van der Waals surface area contributed by atoms with E-state index < -0.39 is 0 Å². The van der Waals surface area contributed by atoms with Crippen molar-refractivity contribution in [2.24, 2.45) is 5.92 Å². The van der Waals surface area contributed by atoms with E-state index in [1.165, 1.54) is 18.5 Å². The number of carbonyl (C=O) groups is 1. The standard InChI is InChI=1S/C16H23N5O/c22-16(12-3-4-12)18-13-5-8-21(11-13)15-9-14(10-17-19-15)20-6-1-2-7-20/h9-10,12-13H,1-8,11H2,(H,18,22). The third-order valence-corrected chi connectivity index (χ3v) is 4.91. The second-order valence-corrected chi connectivity index (χ2v) is 6.68. The normalized spacial score (nSPS) is 24.8. The van der Waals surface area contributed by atoms with Gasteiger partial charge in [0.2, 0.25) is 5.91 Å². The monoisotopic (exact) mass is 301 g/mol. The number of rotatable bonds is 4. The number of aromatic nitrogens is 2. The van der Waals surface area contributed by atoms with Gasteiger partial charge in [0.05, 0.1) is 11.9 Å². The van der Waals surface area contributed by atoms with E-state index in [9.17, 15) is 4.79 Å². The molecule has 1 atom stereocenters. The summed E-state index contributed by atoms with van der Waals surface area (Å²) in [6.07, 6.45) is 7.50. The van der Waals surface area contributed by atoms with Crippen LogP contribution in [0.15, 0.2) is 12.3 Å². The average molecular weight is 301 g/mol. The smallest absolute Gasteiger partial charge is 0.223 e. The molecule has 1 amide bonds. The molecule has 0 bridgehead atoms. The van der Waals surface area contributed by atoms with Crippen LogP contribution < -0.4 is 15.1 Å². The summed E-state index contributed by atoms with van der Waals surface area (Å²) < 4.78 is 0. The SMILES string of the molecule is O=C(NC1CCN(c2cc(N3CCCC3)cnn2)C1)C1CC1. The maximum absolute atomic E-state index is 11.9. The van der Waals surface area contributed by atoms with Crippen molar-refractivity contribution in [3.63, 3.8) is 0 Å². The Morgan fingerprint density at radius 2 is 1.95 bits per heavy atom. The first kappa shape index (κ1) is 13.8. The molecule has 0 spiro atoms. The second kappa shape index (κ2) is 5.74. The molecule has 1 aliphatic carbocycles. The van der Waals surface area contributed by atoms with Gasteiger partial charge in [-0.05, 0) is 32.1 Å². The fraction of sp³-hybridized carbons (Fsp3) is 0.688. The second-order valence-electron chi connectivity index (χ2n) is 6.68. The molecule has 118 valence electrons. The zero-order valence-corrected chi connectivity index (χ0v) is 12.9. The van der Waals surface area contributed by atoms with Crippen molar-refractivity contribution in [2.45, 2.75) is 38.1 Å². The zero-order chi connectivity index (χ0) is 14.9. The van der Waals surface area contributed by atoms with Gasteiger partial charge in [-0.3, -0.25) is 4.79 Å². The third-order valence-electron chi connectivity index (χ3n) is 4.91. The Morgan fingerprint density at radius 3 is 2.73 bits per heavy atom. The lowest BCUT2D eigenvalue weighted by Gasteiger charge is -2.21. The number of hydrogen-bond acceptors (Lipinski definition) is 5. The third kappa shape index (κ3) is 2.87. The van der Waals surface area contributed by atoms with Gasteiger partial charge >= 0.3 is 0 Å². The molecule has 0 aromatic carbocycles. The molecule has 2 aliphatic heterocycles. The molecule has 22 heavy (non-hydrogen) atoms. The van der Waals surface area contributed by atoms with Crippen LogP contribution in [0.25, 0.3) is 0 Å². The number of hydrogen-bond donors (Lipinski definition) is 1. The Bertz CT molecular complexity index is 553. The maximum atomic E-state index is 11.9. The fourth-order valence-electron chi connectivity index (χ4n) is 3.40. The molecule has 3 heterocycles. The van der Waals surface area contributed by atoms with E-state index >= 15 is 0 Å². The Morgan fingerprint density at radius 1 is 1.14 bits per heavy atom. The van der Waals surface area contributed by atoms with Crippen LogP contribution in [0.2, 0.25) is 0 Å². The van der Waals surface area contributed by atoms with Crippen molar-refractivity contribution in [1.29, 1.82) is 0 Å². The molecule has 0 radical (unpaired) electrons. The summed E-state index contributed by atoms with van der Waals surface area (Å²) in [7, 11) is 0. The van der Waals surface area contributed by atoms with Crippen LogP contribution in [0.5, 0.6) is 0 Å². The Labute approximate surface area is 130 Å². The van der Waals surface area contributed by atoms with Gasteiger partial charge in [0.1, 0.15) is 0 Å². The predicted molar refractivity (Wildman–Crippen MR) is 85.0 cm³/mol. The first-order valence-corrected chi connectivity index (χ1v) is 8.42. The molecule has 1 aromatic rings. The van der Waals surface area contributed by atoms with E-state index in [0.29, 0.717) is 0 Å². The highest BCUT2D eigenvalue weighted by Crippen LogP contribution is 2.30. The summed E-state index contributed by atoms with van der Waals surface area (Å²) in [6.45, 7) is 4.01. The number of anilines is 2. The number of nitrogens with zero attached hydrogens (tertiary/aromatic N) is 4. The Hall–Kier alpha value is -1.85. The summed E-state index contributed by atoms with van der Waals surface area (Å²) in [4.78, 5) is 16.5. The molecule has 6 heteroatoms. The van der Waals surface area contributed by atoms with Gasteiger partial charge in [-0.1, -0.05) is 0 Å². The van der Waals surface area contributed by atoms with Gasteiger partial charge in [-0.25, -0.2) is 0 Å². The molecule has 1 saturated carbocycles. The van der Waals surface area contributed by atoms with Gasteiger partial charge in [-0.2, -0.15) is 5.10 Å². The van der Waals surface area contributed by atoms with Crippen LogP contribution >= 0.6 is 0 Å². The van der Waals surface area contributed by atoms with Crippen LogP contribution in [0.3, 0.4) is 0 Å². The molecule has 1 aromatic heterocycles. The van der Waals surface area contributed by atoms with Crippen molar-refractivity contribution in [3.8, 4) is 0 Å². The van der Waals surface area contributed by atoms with Crippen LogP contribution in [-0.2, 0) is 4.79 Å². The van der Waals surface area contributed by atoms with Crippen LogP contribution in [0, 0.1) is 5.92 Å². The topological polar surface area (TPSA) is 61.4 Å². The van der Waals surface area contributed by atoms with Crippen LogP contribution in [-0.4, -0.2) is 48.3 Å². The van der Waals surface area contributed by atoms with Crippen LogP contribution in [0.4, 0.5) is 11.5 Å². The highest BCUT2D eigenvalue weighted by atomic mass is 16.2. The Kier molecular flexibility index (Phi) is 3.60. The predicted octanol–water partition coefficient (Wildman–Crippen LogP) is 1.18. The lowest BCUT2D eigenvalue weighted by Crippen LogP contribution is -2.38. The zero-order valence-electron chi connectivity index (χ0n) is 12.9. The van der Waals surface area contributed by atoms with Crippen LogP contribution in [0.1, 0.15) is 32.1 Å². The summed E-state index contributed by atoms with van der Waals surface area (Å²) in [5.41, 5.74) is 1.17. The Balaban J connectivity index is 1.39. The van der Waals surface area contributed by atoms with Crippen molar-refractivity contribution in [2.75, 3.05) is 36.0 Å². The lowest BCUT2D eigenvalue weighted by atomic mass is 10.2. The molecule has 1 unspecified atom stereocenters. The molecule has 1 N–H and O–H groups in total. The van der Waals surface area contributed by atoms with Gasteiger partial charge < -0.3 is 15.1 Å². The van der Waals surface area contributed by atoms with Gasteiger partial charge in [0, 0.05) is 44.2 Å². The van der Waals surface area contributed by atoms with E-state index in [0.717, 1.165) is 51.3 Å².